The average Bonchev–Trinajstić information content (AvgIpc) is 3.28. The quantitative estimate of drug-likeness (QED) is 0.797. The Labute approximate surface area is 132 Å². The van der Waals surface area contributed by atoms with Gasteiger partial charge in [0.05, 0.1) is 5.02 Å². The molecule has 0 unspecified atom stereocenters. The van der Waals surface area contributed by atoms with Gasteiger partial charge >= 0.3 is 0 Å². The summed E-state index contributed by atoms with van der Waals surface area (Å²) >= 11 is 6.16. The highest BCUT2D eigenvalue weighted by Crippen LogP contribution is 2.34. The molecule has 1 aliphatic carbocycles. The van der Waals surface area contributed by atoms with E-state index in [1.165, 1.54) is 0 Å². The molecule has 0 radical (unpaired) electrons. The Morgan fingerprint density at radius 1 is 1.33 bits per heavy atom. The number of sulfonamides is 1. The first-order chi connectivity index (χ1) is 10.0. The van der Waals surface area contributed by atoms with Gasteiger partial charge in [0.25, 0.3) is 0 Å². The van der Waals surface area contributed by atoms with Crippen LogP contribution in [0.1, 0.15) is 38.7 Å². The lowest BCUT2D eigenvalue weighted by Gasteiger charge is -2.22. The van der Waals surface area contributed by atoms with Crippen molar-refractivity contribution in [1.82, 2.24) is 9.62 Å². The number of halogens is 1. The van der Waals surface area contributed by atoms with Crippen molar-refractivity contribution in [3.8, 4) is 0 Å². The molecule has 0 amide bonds. The first-order valence-electron chi connectivity index (χ1n) is 7.51. The molecule has 0 spiro atoms. The summed E-state index contributed by atoms with van der Waals surface area (Å²) in [4.78, 5) is 0.236. The van der Waals surface area contributed by atoms with E-state index in [0.717, 1.165) is 31.4 Å². The normalized spacial score (nSPS) is 15.6. The van der Waals surface area contributed by atoms with Gasteiger partial charge in [-0.1, -0.05) is 31.5 Å². The van der Waals surface area contributed by atoms with E-state index >= 15 is 0 Å². The van der Waals surface area contributed by atoms with Crippen LogP contribution in [0, 0.1) is 0 Å². The van der Waals surface area contributed by atoms with Crippen LogP contribution in [-0.4, -0.2) is 31.9 Å². The summed E-state index contributed by atoms with van der Waals surface area (Å²) in [6.45, 7) is 6.06. The van der Waals surface area contributed by atoms with Crippen LogP contribution < -0.4 is 5.32 Å². The molecule has 1 N–H and O–H groups in total. The van der Waals surface area contributed by atoms with Crippen LogP contribution in [0.2, 0.25) is 5.02 Å². The summed E-state index contributed by atoms with van der Waals surface area (Å²) in [5.41, 5.74) is 0.937. The number of rotatable bonds is 8. The van der Waals surface area contributed by atoms with Crippen LogP contribution in [-0.2, 0) is 16.6 Å². The minimum Gasteiger partial charge on any atom is -0.313 e. The van der Waals surface area contributed by atoms with Crippen molar-refractivity contribution in [3.63, 3.8) is 0 Å². The molecular formula is C15H23ClN2O2S. The lowest BCUT2D eigenvalue weighted by molar-refractivity contribution is 0.403. The Morgan fingerprint density at radius 2 is 2.05 bits per heavy atom. The molecule has 0 saturated heterocycles. The Morgan fingerprint density at radius 3 is 2.62 bits per heavy atom. The maximum atomic E-state index is 12.9. The summed E-state index contributed by atoms with van der Waals surface area (Å²) in [5, 5.41) is 3.50. The molecule has 0 bridgehead atoms. The topological polar surface area (TPSA) is 49.4 Å². The Hall–Kier alpha value is -0.620. The molecule has 1 aromatic carbocycles. The Bertz CT molecular complexity index is 585. The number of benzene rings is 1. The van der Waals surface area contributed by atoms with Gasteiger partial charge in [-0.2, -0.15) is 4.31 Å². The molecule has 0 atom stereocenters. The van der Waals surface area contributed by atoms with Gasteiger partial charge in [-0.15, -0.1) is 0 Å². The SMILES string of the molecule is CCCN(C1CC1)S(=O)(=O)c1cc(CNCC)ccc1Cl. The maximum absolute atomic E-state index is 12.9. The first kappa shape index (κ1) is 16.7. The van der Waals surface area contributed by atoms with Gasteiger partial charge in [-0.25, -0.2) is 8.42 Å². The molecule has 0 aromatic heterocycles. The second-order valence-electron chi connectivity index (χ2n) is 5.39. The van der Waals surface area contributed by atoms with Gasteiger partial charge in [-0.3, -0.25) is 0 Å². The molecular weight excluding hydrogens is 308 g/mol. The summed E-state index contributed by atoms with van der Waals surface area (Å²) in [6.07, 6.45) is 2.71. The highest BCUT2D eigenvalue weighted by molar-refractivity contribution is 7.89. The lowest BCUT2D eigenvalue weighted by atomic mass is 10.2. The van der Waals surface area contributed by atoms with E-state index in [-0.39, 0.29) is 10.9 Å². The average molecular weight is 331 g/mol. The molecule has 118 valence electrons. The minimum atomic E-state index is -3.50. The van der Waals surface area contributed by atoms with Gasteiger partial charge in [-0.05, 0) is 43.5 Å². The fourth-order valence-electron chi connectivity index (χ4n) is 2.33. The van der Waals surface area contributed by atoms with Crippen LogP contribution in [0.15, 0.2) is 23.1 Å². The van der Waals surface area contributed by atoms with Crippen molar-refractivity contribution < 1.29 is 8.42 Å². The van der Waals surface area contributed by atoms with E-state index in [1.54, 1.807) is 16.4 Å². The number of hydrogen-bond acceptors (Lipinski definition) is 3. The van der Waals surface area contributed by atoms with Gasteiger partial charge in [0.1, 0.15) is 4.90 Å². The summed E-state index contributed by atoms with van der Waals surface area (Å²) < 4.78 is 27.4. The zero-order valence-electron chi connectivity index (χ0n) is 12.6. The van der Waals surface area contributed by atoms with E-state index < -0.39 is 10.0 Å². The Kier molecular flexibility index (Phi) is 5.66. The van der Waals surface area contributed by atoms with E-state index in [4.69, 9.17) is 11.6 Å². The monoisotopic (exact) mass is 330 g/mol. The van der Waals surface area contributed by atoms with E-state index in [2.05, 4.69) is 5.32 Å². The fraction of sp³-hybridized carbons (Fsp3) is 0.600. The van der Waals surface area contributed by atoms with Crippen molar-refractivity contribution in [1.29, 1.82) is 0 Å². The minimum absolute atomic E-state index is 0.156. The smallest absolute Gasteiger partial charge is 0.244 e. The molecule has 0 heterocycles. The van der Waals surface area contributed by atoms with Crippen molar-refractivity contribution in [2.24, 2.45) is 0 Å². The van der Waals surface area contributed by atoms with Crippen LogP contribution >= 0.6 is 11.6 Å². The number of nitrogens with zero attached hydrogens (tertiary/aromatic N) is 1. The van der Waals surface area contributed by atoms with Crippen LogP contribution in [0.5, 0.6) is 0 Å². The predicted octanol–water partition coefficient (Wildman–Crippen LogP) is 3.01. The molecule has 1 saturated carbocycles. The fourth-order valence-corrected chi connectivity index (χ4v) is 4.64. The highest BCUT2D eigenvalue weighted by atomic mass is 35.5. The van der Waals surface area contributed by atoms with Crippen molar-refractivity contribution in [3.05, 3.63) is 28.8 Å². The third kappa shape index (κ3) is 3.97. The zero-order chi connectivity index (χ0) is 15.5. The van der Waals surface area contributed by atoms with Crippen LogP contribution in [0.4, 0.5) is 0 Å². The second-order valence-corrected chi connectivity index (χ2v) is 7.66. The number of hydrogen-bond donors (Lipinski definition) is 1. The Balaban J connectivity index is 2.33. The van der Waals surface area contributed by atoms with Crippen molar-refractivity contribution in [2.45, 2.75) is 50.6 Å². The molecule has 1 aromatic rings. The van der Waals surface area contributed by atoms with Gasteiger partial charge < -0.3 is 5.32 Å². The molecule has 1 fully saturated rings. The van der Waals surface area contributed by atoms with Gasteiger partial charge in [0.2, 0.25) is 10.0 Å². The standard InChI is InChI=1S/C15H23ClN2O2S/c1-3-9-18(13-6-7-13)21(19,20)15-10-12(11-17-4-2)5-8-14(15)16/h5,8,10,13,17H,3-4,6-7,9,11H2,1-2H3. The third-order valence-corrected chi connectivity index (χ3v) is 5.99. The number of nitrogens with one attached hydrogen (secondary N) is 1. The molecule has 2 rings (SSSR count). The summed E-state index contributed by atoms with van der Waals surface area (Å²) in [7, 11) is -3.50. The van der Waals surface area contributed by atoms with Gasteiger partial charge in [0, 0.05) is 19.1 Å². The summed E-state index contributed by atoms with van der Waals surface area (Å²) in [5.74, 6) is 0. The second kappa shape index (κ2) is 7.09. The van der Waals surface area contributed by atoms with Crippen LogP contribution in [0.25, 0.3) is 0 Å². The summed E-state index contributed by atoms with van der Waals surface area (Å²) in [6, 6.07) is 5.40. The molecule has 0 aliphatic heterocycles. The lowest BCUT2D eigenvalue weighted by Crippen LogP contribution is -2.34. The molecule has 21 heavy (non-hydrogen) atoms. The van der Waals surface area contributed by atoms with E-state index in [9.17, 15) is 8.42 Å². The van der Waals surface area contributed by atoms with Crippen molar-refractivity contribution >= 4 is 21.6 Å². The maximum Gasteiger partial charge on any atom is 0.244 e. The first-order valence-corrected chi connectivity index (χ1v) is 9.33. The largest absolute Gasteiger partial charge is 0.313 e. The molecule has 1 aliphatic rings. The predicted molar refractivity (Wildman–Crippen MR) is 86.0 cm³/mol. The third-order valence-electron chi connectivity index (χ3n) is 3.56. The molecule has 4 nitrogen and oxygen atoms in total. The molecule has 6 heteroatoms. The zero-order valence-corrected chi connectivity index (χ0v) is 14.2. The van der Waals surface area contributed by atoms with Crippen molar-refractivity contribution in [2.75, 3.05) is 13.1 Å². The van der Waals surface area contributed by atoms with Crippen LogP contribution in [0.3, 0.4) is 0 Å². The van der Waals surface area contributed by atoms with E-state index in [1.807, 2.05) is 19.9 Å². The highest BCUT2D eigenvalue weighted by Gasteiger charge is 2.38. The van der Waals surface area contributed by atoms with Gasteiger partial charge in [0.15, 0.2) is 0 Å². The van der Waals surface area contributed by atoms with E-state index in [0.29, 0.717) is 18.1 Å².